The molecule has 6 N–H and O–H groups in total. The maximum absolute atomic E-state index is 11.1. The topological polar surface area (TPSA) is 188 Å². The number of hydrogen-bond donors (Lipinski definition) is 6. The number of rotatable bonds is 12. The number of aromatic nitrogens is 3. The Morgan fingerprint density at radius 3 is 0.976 bits per heavy atom. The van der Waals surface area contributed by atoms with Crippen molar-refractivity contribution < 1.29 is 44.8 Å². The second-order valence-electron chi connectivity index (χ2n) is 9.28. The van der Waals surface area contributed by atoms with E-state index in [-0.39, 0.29) is 91.1 Å². The summed E-state index contributed by atoms with van der Waals surface area (Å²) in [6, 6.07) is 9.54. The van der Waals surface area contributed by atoms with Crippen molar-refractivity contribution in [3.05, 3.63) is 53.1 Å². The molecule has 0 radical (unpaired) electrons. The van der Waals surface area contributed by atoms with Crippen molar-refractivity contribution in [2.24, 2.45) is 0 Å². The van der Waals surface area contributed by atoms with Crippen LogP contribution in [0.3, 0.4) is 0 Å². The minimum atomic E-state index is -0.193. The SMILES string of the molecule is Cc1c(OCCO)ccc(-c2nc(-c3ccc(OCCO)c(C)c3O)nc(-c3ccc(OCCO)c(C)c3O)n2)c1O. The molecule has 0 saturated carbocycles. The molecular weight excluding hydrogens is 546 g/mol. The van der Waals surface area contributed by atoms with Crippen molar-refractivity contribution in [2.75, 3.05) is 39.6 Å². The lowest BCUT2D eigenvalue weighted by Crippen LogP contribution is -2.05. The highest BCUT2D eigenvalue weighted by molar-refractivity contribution is 5.77. The first-order valence-corrected chi connectivity index (χ1v) is 13.2. The Bertz CT molecular complexity index is 1380. The third-order valence-corrected chi connectivity index (χ3v) is 6.55. The van der Waals surface area contributed by atoms with Gasteiger partial charge in [0.2, 0.25) is 0 Å². The molecule has 0 spiro atoms. The first-order chi connectivity index (χ1) is 20.2. The zero-order chi connectivity index (χ0) is 30.4. The van der Waals surface area contributed by atoms with Gasteiger partial charge in [-0.05, 0) is 57.2 Å². The predicted molar refractivity (Wildman–Crippen MR) is 153 cm³/mol. The smallest absolute Gasteiger partial charge is 0.167 e. The molecule has 0 aliphatic carbocycles. The number of hydrogen-bond acceptors (Lipinski definition) is 12. The first kappa shape index (κ1) is 30.3. The molecule has 0 saturated heterocycles. The van der Waals surface area contributed by atoms with E-state index in [2.05, 4.69) is 15.0 Å². The highest BCUT2D eigenvalue weighted by atomic mass is 16.5. The van der Waals surface area contributed by atoms with Crippen LogP contribution in [-0.4, -0.2) is 85.2 Å². The lowest BCUT2D eigenvalue weighted by atomic mass is 10.1. The minimum absolute atomic E-state index is 0.0486. The molecule has 4 aromatic rings. The molecule has 222 valence electrons. The third kappa shape index (κ3) is 6.15. The van der Waals surface area contributed by atoms with Crippen molar-refractivity contribution in [1.82, 2.24) is 15.0 Å². The molecule has 12 nitrogen and oxygen atoms in total. The van der Waals surface area contributed by atoms with E-state index in [1.807, 2.05) is 0 Å². The number of phenolic OH excluding ortho intramolecular Hbond substituents is 3. The Balaban J connectivity index is 1.92. The molecule has 3 aromatic carbocycles. The van der Waals surface area contributed by atoms with Crippen molar-refractivity contribution >= 4 is 0 Å². The molecule has 0 fully saturated rings. The van der Waals surface area contributed by atoms with Crippen molar-refractivity contribution in [1.29, 1.82) is 0 Å². The first-order valence-electron chi connectivity index (χ1n) is 13.2. The summed E-state index contributed by atoms with van der Waals surface area (Å²) >= 11 is 0. The van der Waals surface area contributed by atoms with Crippen LogP contribution in [0.1, 0.15) is 16.7 Å². The zero-order valence-electron chi connectivity index (χ0n) is 23.5. The lowest BCUT2D eigenvalue weighted by molar-refractivity contribution is 0.200. The van der Waals surface area contributed by atoms with Crippen LogP contribution in [0.2, 0.25) is 0 Å². The van der Waals surface area contributed by atoms with E-state index in [0.717, 1.165) is 0 Å². The monoisotopic (exact) mass is 579 g/mol. The second-order valence-corrected chi connectivity index (χ2v) is 9.28. The summed E-state index contributed by atoms with van der Waals surface area (Å²) < 4.78 is 16.5. The number of nitrogens with zero attached hydrogens (tertiary/aromatic N) is 3. The number of aliphatic hydroxyl groups is 3. The Labute approximate surface area is 242 Å². The van der Waals surface area contributed by atoms with E-state index in [9.17, 15) is 15.3 Å². The Hall–Kier alpha value is -4.65. The van der Waals surface area contributed by atoms with Crippen LogP contribution in [0.25, 0.3) is 34.2 Å². The van der Waals surface area contributed by atoms with Crippen LogP contribution in [-0.2, 0) is 0 Å². The van der Waals surface area contributed by atoms with E-state index in [1.54, 1.807) is 57.2 Å². The molecule has 0 aliphatic rings. The number of phenols is 3. The van der Waals surface area contributed by atoms with Crippen LogP contribution < -0.4 is 14.2 Å². The summed E-state index contributed by atoms with van der Waals surface area (Å²) in [5.74, 6) is 0.813. The number of aliphatic hydroxyl groups excluding tert-OH is 3. The van der Waals surface area contributed by atoms with Gasteiger partial charge in [0.25, 0.3) is 0 Å². The molecule has 0 bridgehead atoms. The van der Waals surface area contributed by atoms with Gasteiger partial charge in [0.15, 0.2) is 17.5 Å². The summed E-state index contributed by atoms with van der Waals surface area (Å²) in [4.78, 5) is 13.7. The van der Waals surface area contributed by atoms with Gasteiger partial charge in [-0.2, -0.15) is 0 Å². The third-order valence-electron chi connectivity index (χ3n) is 6.55. The van der Waals surface area contributed by atoms with Gasteiger partial charge in [-0.25, -0.2) is 15.0 Å². The van der Waals surface area contributed by atoms with Gasteiger partial charge in [0.1, 0.15) is 54.3 Å². The summed E-state index contributed by atoms with van der Waals surface area (Å²) in [6.07, 6.45) is 0. The molecule has 4 rings (SSSR count). The van der Waals surface area contributed by atoms with E-state index in [4.69, 9.17) is 29.5 Å². The van der Waals surface area contributed by atoms with Gasteiger partial charge in [-0.1, -0.05) is 0 Å². The van der Waals surface area contributed by atoms with Crippen molar-refractivity contribution in [3.63, 3.8) is 0 Å². The number of aromatic hydroxyl groups is 3. The van der Waals surface area contributed by atoms with Gasteiger partial charge in [0.05, 0.1) is 36.5 Å². The standard InChI is InChI=1S/C30H33N3O9/c1-16-22(40-13-10-34)7-4-19(25(16)37)28-31-29(20-5-8-23(41-14-11-35)17(2)26(20)38)33-30(32-28)21-6-9-24(42-15-12-36)18(3)27(21)39/h4-9,34-39H,10-15H2,1-3H3. The molecule has 0 atom stereocenters. The van der Waals surface area contributed by atoms with E-state index in [0.29, 0.717) is 33.9 Å². The molecule has 0 unspecified atom stereocenters. The summed E-state index contributed by atoms with van der Waals surface area (Å²) in [7, 11) is 0. The normalized spacial score (nSPS) is 11.0. The molecule has 12 heteroatoms. The lowest BCUT2D eigenvalue weighted by Gasteiger charge is -2.16. The Morgan fingerprint density at radius 1 is 0.476 bits per heavy atom. The van der Waals surface area contributed by atoms with Crippen molar-refractivity contribution in [3.8, 4) is 68.7 Å². The Kier molecular flexibility index (Phi) is 9.63. The van der Waals surface area contributed by atoms with Crippen LogP contribution in [0, 0.1) is 20.8 Å². The van der Waals surface area contributed by atoms with Gasteiger partial charge in [0, 0.05) is 16.7 Å². The molecule has 0 amide bonds. The van der Waals surface area contributed by atoms with Gasteiger partial charge in [-0.15, -0.1) is 0 Å². The van der Waals surface area contributed by atoms with Gasteiger partial charge >= 0.3 is 0 Å². The number of ether oxygens (including phenoxy) is 3. The second kappa shape index (κ2) is 13.3. The van der Waals surface area contributed by atoms with Gasteiger partial charge in [-0.3, -0.25) is 0 Å². The summed E-state index contributed by atoms with van der Waals surface area (Å²) in [6.45, 7) is 4.51. The van der Waals surface area contributed by atoms with Crippen LogP contribution in [0.5, 0.6) is 34.5 Å². The summed E-state index contributed by atoms with van der Waals surface area (Å²) in [5, 5.41) is 60.5. The molecule has 0 aliphatic heterocycles. The fourth-order valence-corrected chi connectivity index (χ4v) is 4.26. The van der Waals surface area contributed by atoms with E-state index < -0.39 is 0 Å². The predicted octanol–water partition coefficient (Wildman–Crippen LogP) is 3.03. The minimum Gasteiger partial charge on any atom is -0.507 e. The average molecular weight is 580 g/mol. The summed E-state index contributed by atoms with van der Waals surface area (Å²) in [5.41, 5.74) is 1.93. The highest BCUT2D eigenvalue weighted by Gasteiger charge is 2.22. The van der Waals surface area contributed by atoms with Crippen LogP contribution in [0.4, 0.5) is 0 Å². The van der Waals surface area contributed by atoms with Gasteiger partial charge < -0.3 is 44.8 Å². The molecule has 42 heavy (non-hydrogen) atoms. The van der Waals surface area contributed by atoms with Crippen LogP contribution >= 0.6 is 0 Å². The van der Waals surface area contributed by atoms with E-state index >= 15 is 0 Å². The van der Waals surface area contributed by atoms with E-state index in [1.165, 1.54) is 0 Å². The fourth-order valence-electron chi connectivity index (χ4n) is 4.26. The molecular formula is C30H33N3O9. The largest absolute Gasteiger partial charge is 0.507 e. The van der Waals surface area contributed by atoms with Crippen LogP contribution in [0.15, 0.2) is 36.4 Å². The average Bonchev–Trinajstić information content (AvgIpc) is 2.99. The number of benzene rings is 3. The molecule has 1 heterocycles. The maximum atomic E-state index is 11.1. The zero-order valence-corrected chi connectivity index (χ0v) is 23.5. The fraction of sp³-hybridized carbons (Fsp3) is 0.300. The highest BCUT2D eigenvalue weighted by Crippen LogP contribution is 2.41. The maximum Gasteiger partial charge on any atom is 0.167 e. The quantitative estimate of drug-likeness (QED) is 0.144. The molecule has 1 aromatic heterocycles. The Morgan fingerprint density at radius 2 is 0.738 bits per heavy atom. The van der Waals surface area contributed by atoms with Crippen molar-refractivity contribution in [2.45, 2.75) is 20.8 Å².